The summed E-state index contributed by atoms with van der Waals surface area (Å²) in [6, 6.07) is 8.01. The summed E-state index contributed by atoms with van der Waals surface area (Å²) < 4.78 is 13.5. The van der Waals surface area contributed by atoms with Crippen molar-refractivity contribution < 1.29 is 9.18 Å². The van der Waals surface area contributed by atoms with Crippen molar-refractivity contribution in [2.75, 3.05) is 10.6 Å². The van der Waals surface area contributed by atoms with E-state index >= 15 is 0 Å². The molecule has 1 aromatic heterocycles. The van der Waals surface area contributed by atoms with Gasteiger partial charge in [0.1, 0.15) is 0 Å². The molecule has 0 spiro atoms. The quantitative estimate of drug-likeness (QED) is 0.903. The number of nitrogens with zero attached hydrogens (tertiary/aromatic N) is 1. The van der Waals surface area contributed by atoms with Crippen LogP contribution in [0.1, 0.15) is 6.92 Å². The summed E-state index contributed by atoms with van der Waals surface area (Å²) in [7, 11) is 0. The maximum atomic E-state index is 13.5. The van der Waals surface area contributed by atoms with Crippen LogP contribution in [0.5, 0.6) is 0 Å². The molecule has 1 amide bonds. The van der Waals surface area contributed by atoms with Crippen LogP contribution in [-0.4, -0.2) is 10.9 Å². The highest BCUT2D eigenvalue weighted by molar-refractivity contribution is 6.30. The number of aromatic nitrogens is 1. The molecular formula is C13H11ClFN3O. The molecule has 19 heavy (non-hydrogen) atoms. The topological polar surface area (TPSA) is 54.0 Å². The van der Waals surface area contributed by atoms with Gasteiger partial charge in [0.15, 0.2) is 11.6 Å². The van der Waals surface area contributed by atoms with E-state index in [2.05, 4.69) is 15.6 Å². The van der Waals surface area contributed by atoms with Crippen molar-refractivity contribution in [3.8, 4) is 0 Å². The molecule has 0 saturated carbocycles. The smallest absolute Gasteiger partial charge is 0.221 e. The predicted molar refractivity (Wildman–Crippen MR) is 73.2 cm³/mol. The Morgan fingerprint density at radius 1 is 1.26 bits per heavy atom. The van der Waals surface area contributed by atoms with E-state index < -0.39 is 5.82 Å². The van der Waals surface area contributed by atoms with Gasteiger partial charge in [-0.2, -0.15) is 0 Å². The van der Waals surface area contributed by atoms with Gasteiger partial charge in [0.2, 0.25) is 5.91 Å². The van der Waals surface area contributed by atoms with Crippen LogP contribution in [0.25, 0.3) is 0 Å². The first-order chi connectivity index (χ1) is 9.04. The number of pyridine rings is 1. The van der Waals surface area contributed by atoms with Gasteiger partial charge in [-0.1, -0.05) is 11.6 Å². The lowest BCUT2D eigenvalue weighted by Gasteiger charge is -2.08. The van der Waals surface area contributed by atoms with Crippen molar-refractivity contribution in [1.82, 2.24) is 4.98 Å². The zero-order chi connectivity index (χ0) is 13.8. The Hall–Kier alpha value is -2.14. The van der Waals surface area contributed by atoms with E-state index in [0.717, 1.165) is 0 Å². The van der Waals surface area contributed by atoms with Gasteiger partial charge < -0.3 is 10.6 Å². The Morgan fingerprint density at radius 3 is 2.47 bits per heavy atom. The first-order valence-corrected chi connectivity index (χ1v) is 5.88. The third-order valence-electron chi connectivity index (χ3n) is 2.28. The van der Waals surface area contributed by atoms with Gasteiger partial charge >= 0.3 is 0 Å². The van der Waals surface area contributed by atoms with Crippen LogP contribution in [0.3, 0.4) is 0 Å². The Labute approximate surface area is 114 Å². The van der Waals surface area contributed by atoms with Crippen LogP contribution in [-0.2, 0) is 4.79 Å². The third kappa shape index (κ3) is 3.66. The summed E-state index contributed by atoms with van der Waals surface area (Å²) in [4.78, 5) is 14.7. The molecule has 0 fully saturated rings. The lowest BCUT2D eigenvalue weighted by atomic mass is 10.2. The molecule has 0 radical (unpaired) electrons. The first-order valence-electron chi connectivity index (χ1n) is 5.50. The molecule has 0 atom stereocenters. The van der Waals surface area contributed by atoms with Crippen LogP contribution in [0.15, 0.2) is 36.5 Å². The Balaban J connectivity index is 2.13. The average molecular weight is 280 g/mol. The molecule has 1 aromatic carbocycles. The molecule has 0 unspecified atom stereocenters. The highest BCUT2D eigenvalue weighted by atomic mass is 35.5. The number of halogens is 2. The molecule has 2 rings (SSSR count). The Morgan fingerprint density at radius 2 is 1.89 bits per heavy atom. The van der Waals surface area contributed by atoms with E-state index in [1.807, 2.05) is 0 Å². The number of benzene rings is 1. The lowest BCUT2D eigenvalue weighted by molar-refractivity contribution is -0.114. The van der Waals surface area contributed by atoms with Gasteiger partial charge in [0, 0.05) is 24.5 Å². The molecular weight excluding hydrogens is 269 g/mol. The molecule has 1 heterocycles. The van der Waals surface area contributed by atoms with Crippen LogP contribution in [0.2, 0.25) is 5.02 Å². The van der Waals surface area contributed by atoms with Gasteiger partial charge in [-0.3, -0.25) is 4.79 Å². The first kappa shape index (κ1) is 13.3. The van der Waals surface area contributed by atoms with Crippen LogP contribution >= 0.6 is 11.6 Å². The second-order valence-electron chi connectivity index (χ2n) is 3.87. The fraction of sp³-hybridized carbons (Fsp3) is 0.0769. The summed E-state index contributed by atoms with van der Waals surface area (Å²) in [5.41, 5.74) is 1.32. The second-order valence-corrected chi connectivity index (χ2v) is 4.30. The van der Waals surface area contributed by atoms with Gasteiger partial charge in [0.25, 0.3) is 0 Å². The van der Waals surface area contributed by atoms with Crippen molar-refractivity contribution in [2.24, 2.45) is 0 Å². The summed E-state index contributed by atoms with van der Waals surface area (Å²) in [6.45, 7) is 1.43. The molecule has 6 heteroatoms. The molecule has 4 nitrogen and oxygen atoms in total. The number of hydrogen-bond donors (Lipinski definition) is 2. The largest absolute Gasteiger partial charge is 0.338 e. The minimum Gasteiger partial charge on any atom is -0.338 e. The van der Waals surface area contributed by atoms with E-state index in [-0.39, 0.29) is 16.7 Å². The van der Waals surface area contributed by atoms with Gasteiger partial charge in [0.05, 0.1) is 5.02 Å². The summed E-state index contributed by atoms with van der Waals surface area (Å²) in [5, 5.41) is 5.70. The molecule has 2 aromatic rings. The molecule has 0 bridgehead atoms. The number of carbonyl (C=O) groups excluding carboxylic acids is 1. The van der Waals surface area contributed by atoms with Crippen LogP contribution in [0, 0.1) is 5.82 Å². The molecule has 0 saturated heterocycles. The zero-order valence-electron chi connectivity index (χ0n) is 10.1. The minimum atomic E-state index is -0.529. The number of rotatable bonds is 3. The fourth-order valence-corrected chi connectivity index (χ4v) is 1.63. The molecule has 0 aliphatic rings. The molecule has 2 N–H and O–H groups in total. The minimum absolute atomic E-state index is 0.0941. The predicted octanol–water partition coefficient (Wildman–Crippen LogP) is 3.58. The van der Waals surface area contributed by atoms with Crippen molar-refractivity contribution >= 4 is 34.7 Å². The zero-order valence-corrected chi connectivity index (χ0v) is 10.8. The fourth-order valence-electron chi connectivity index (χ4n) is 1.48. The monoisotopic (exact) mass is 279 g/mol. The third-order valence-corrected chi connectivity index (χ3v) is 2.48. The van der Waals surface area contributed by atoms with Crippen molar-refractivity contribution in [2.45, 2.75) is 6.92 Å². The number of hydrogen-bond acceptors (Lipinski definition) is 3. The normalized spacial score (nSPS) is 10.1. The number of nitrogens with one attached hydrogen (secondary N) is 2. The molecule has 98 valence electrons. The van der Waals surface area contributed by atoms with E-state index in [1.54, 1.807) is 24.3 Å². The van der Waals surface area contributed by atoms with Gasteiger partial charge in [-0.15, -0.1) is 0 Å². The van der Waals surface area contributed by atoms with E-state index in [0.29, 0.717) is 11.4 Å². The summed E-state index contributed by atoms with van der Waals surface area (Å²) in [5.74, 6) is -0.582. The van der Waals surface area contributed by atoms with Crippen molar-refractivity contribution in [3.05, 3.63) is 47.4 Å². The van der Waals surface area contributed by atoms with E-state index in [1.165, 1.54) is 19.2 Å². The van der Waals surface area contributed by atoms with Crippen LogP contribution < -0.4 is 10.6 Å². The van der Waals surface area contributed by atoms with Gasteiger partial charge in [-0.05, 0) is 30.3 Å². The summed E-state index contributed by atoms with van der Waals surface area (Å²) >= 11 is 5.62. The van der Waals surface area contributed by atoms with Crippen molar-refractivity contribution in [1.29, 1.82) is 0 Å². The molecule has 0 aliphatic heterocycles. The number of carbonyl (C=O) groups is 1. The standard InChI is InChI=1S/C13H11ClFN3O/c1-8(19)17-10-2-4-11(5-3-10)18-13-12(15)6-9(14)7-16-13/h2-7H,1H3,(H,16,18)(H,17,19). The van der Waals surface area contributed by atoms with Crippen LogP contribution in [0.4, 0.5) is 21.6 Å². The lowest BCUT2D eigenvalue weighted by Crippen LogP contribution is -2.05. The van der Waals surface area contributed by atoms with E-state index in [9.17, 15) is 9.18 Å². The van der Waals surface area contributed by atoms with Gasteiger partial charge in [-0.25, -0.2) is 9.37 Å². The molecule has 0 aliphatic carbocycles. The number of anilines is 3. The number of amides is 1. The average Bonchev–Trinajstić information content (AvgIpc) is 2.34. The Kier molecular flexibility index (Phi) is 3.97. The highest BCUT2D eigenvalue weighted by Crippen LogP contribution is 2.21. The highest BCUT2D eigenvalue weighted by Gasteiger charge is 2.05. The maximum Gasteiger partial charge on any atom is 0.221 e. The second kappa shape index (κ2) is 5.67. The van der Waals surface area contributed by atoms with Crippen molar-refractivity contribution in [3.63, 3.8) is 0 Å². The Bertz CT molecular complexity index is 601. The van der Waals surface area contributed by atoms with E-state index in [4.69, 9.17) is 11.6 Å². The summed E-state index contributed by atoms with van der Waals surface area (Å²) in [6.07, 6.45) is 1.36. The maximum absolute atomic E-state index is 13.5. The SMILES string of the molecule is CC(=O)Nc1ccc(Nc2ncc(Cl)cc2F)cc1.